The van der Waals surface area contributed by atoms with E-state index in [0.717, 1.165) is 30.7 Å². The number of carbonyl (C=O) groups is 3. The molecule has 170 valence electrons. The predicted molar refractivity (Wildman–Crippen MR) is 118 cm³/mol. The van der Waals surface area contributed by atoms with Crippen molar-refractivity contribution in [3.05, 3.63) is 58.8 Å². The minimum absolute atomic E-state index is 0.0245. The van der Waals surface area contributed by atoms with E-state index in [1.165, 1.54) is 4.90 Å². The molecule has 0 bridgehead atoms. The maximum Gasteiger partial charge on any atom is 0.335 e. The molecule has 0 radical (unpaired) electrons. The van der Waals surface area contributed by atoms with Gasteiger partial charge in [0.05, 0.1) is 17.5 Å². The van der Waals surface area contributed by atoms with Crippen molar-refractivity contribution in [1.82, 2.24) is 19.8 Å². The summed E-state index contributed by atoms with van der Waals surface area (Å²) in [6.07, 6.45) is 7.18. The lowest BCUT2D eigenvalue weighted by molar-refractivity contribution is -0.116. The number of aromatic carboxylic acids is 1. The number of nitrogens with one attached hydrogen (secondary N) is 1. The lowest BCUT2D eigenvalue weighted by atomic mass is 10.1. The van der Waals surface area contributed by atoms with Crippen LogP contribution < -0.4 is 5.32 Å². The molecular weight excluding hydrogens is 412 g/mol. The van der Waals surface area contributed by atoms with Gasteiger partial charge in [-0.05, 0) is 43.0 Å². The van der Waals surface area contributed by atoms with E-state index in [2.05, 4.69) is 17.2 Å². The number of imidazole rings is 1. The molecule has 0 saturated carbocycles. The Morgan fingerprint density at radius 3 is 2.56 bits per heavy atom. The number of aromatic nitrogens is 2. The number of imide groups is 1. The second kappa shape index (κ2) is 10.7. The predicted octanol–water partition coefficient (Wildman–Crippen LogP) is 2.64. The minimum Gasteiger partial charge on any atom is -0.478 e. The Morgan fingerprint density at radius 2 is 1.91 bits per heavy atom. The van der Waals surface area contributed by atoms with Gasteiger partial charge < -0.3 is 14.8 Å². The summed E-state index contributed by atoms with van der Waals surface area (Å²) in [6.45, 7) is 2.91. The molecule has 3 rings (SSSR count). The molecule has 0 atom stereocenters. The number of carboxylic acid groups (broad SMARTS) is 1. The number of carbonyl (C=O) groups excluding carboxylic acids is 2. The molecule has 1 aliphatic rings. The third kappa shape index (κ3) is 5.42. The zero-order valence-electron chi connectivity index (χ0n) is 18.1. The van der Waals surface area contributed by atoms with Crippen LogP contribution in [0.3, 0.4) is 0 Å². The standard InChI is InChI=1S/C23H28N4O5/c1-2-3-6-20-24-14-18(27(20)15-16-7-9-17(10-8-16)22(30)31)13-19-21(29)25-23(32)26(19)11-4-5-12-28/h7-10,13-14,28H,2-6,11-12,15H2,1H3,(H,30,31)(H,25,29,32). The van der Waals surface area contributed by atoms with Gasteiger partial charge in [-0.3, -0.25) is 15.0 Å². The number of aryl methyl sites for hydroxylation is 1. The fourth-order valence-electron chi connectivity index (χ4n) is 3.54. The molecule has 1 saturated heterocycles. The quantitative estimate of drug-likeness (QED) is 0.280. The summed E-state index contributed by atoms with van der Waals surface area (Å²) in [5.41, 5.74) is 2.05. The molecule has 0 spiro atoms. The third-order valence-electron chi connectivity index (χ3n) is 5.33. The first-order chi connectivity index (χ1) is 15.4. The molecule has 1 aliphatic heterocycles. The maximum atomic E-state index is 12.4. The van der Waals surface area contributed by atoms with Crippen LogP contribution in [0, 0.1) is 0 Å². The number of benzene rings is 1. The Morgan fingerprint density at radius 1 is 1.16 bits per heavy atom. The molecule has 1 aromatic carbocycles. The largest absolute Gasteiger partial charge is 0.478 e. The molecule has 1 fully saturated rings. The number of unbranched alkanes of at least 4 members (excludes halogenated alkanes) is 2. The monoisotopic (exact) mass is 440 g/mol. The normalized spacial score (nSPS) is 14.9. The topological polar surface area (TPSA) is 125 Å². The second-order valence-corrected chi connectivity index (χ2v) is 7.66. The average Bonchev–Trinajstić information content (AvgIpc) is 3.27. The highest BCUT2D eigenvalue weighted by molar-refractivity contribution is 6.13. The zero-order valence-corrected chi connectivity index (χ0v) is 18.1. The van der Waals surface area contributed by atoms with Crippen LogP contribution in [0.5, 0.6) is 0 Å². The molecule has 3 amide bonds. The molecule has 9 nitrogen and oxygen atoms in total. The van der Waals surface area contributed by atoms with Gasteiger partial charge in [-0.2, -0.15) is 0 Å². The summed E-state index contributed by atoms with van der Waals surface area (Å²) in [5, 5.41) is 20.5. The Kier molecular flexibility index (Phi) is 7.77. The van der Waals surface area contributed by atoms with E-state index in [1.807, 2.05) is 4.57 Å². The van der Waals surface area contributed by atoms with Crippen molar-refractivity contribution >= 4 is 24.0 Å². The van der Waals surface area contributed by atoms with Gasteiger partial charge in [0.15, 0.2) is 0 Å². The van der Waals surface area contributed by atoms with Crippen molar-refractivity contribution in [2.75, 3.05) is 13.2 Å². The van der Waals surface area contributed by atoms with E-state index in [-0.39, 0.29) is 17.9 Å². The summed E-state index contributed by atoms with van der Waals surface area (Å²) in [6, 6.07) is 6.17. The Hall–Kier alpha value is -3.46. The number of urea groups is 1. The number of aliphatic hydroxyl groups is 1. The molecule has 9 heteroatoms. The second-order valence-electron chi connectivity index (χ2n) is 7.66. The molecular formula is C23H28N4O5. The summed E-state index contributed by atoms with van der Waals surface area (Å²) in [5.74, 6) is -0.586. The highest BCUT2D eigenvalue weighted by Crippen LogP contribution is 2.21. The van der Waals surface area contributed by atoms with E-state index < -0.39 is 17.9 Å². The van der Waals surface area contributed by atoms with Gasteiger partial charge in [0.25, 0.3) is 5.91 Å². The number of carboxylic acids is 1. The molecule has 0 unspecified atom stereocenters. The molecule has 2 heterocycles. The number of hydrogen-bond acceptors (Lipinski definition) is 5. The minimum atomic E-state index is -0.980. The smallest absolute Gasteiger partial charge is 0.335 e. The van der Waals surface area contributed by atoms with E-state index >= 15 is 0 Å². The van der Waals surface area contributed by atoms with Gasteiger partial charge in [-0.1, -0.05) is 25.5 Å². The zero-order chi connectivity index (χ0) is 23.1. The highest BCUT2D eigenvalue weighted by atomic mass is 16.4. The number of hydrogen-bond donors (Lipinski definition) is 3. The fourth-order valence-corrected chi connectivity index (χ4v) is 3.54. The molecule has 1 aromatic heterocycles. The first kappa shape index (κ1) is 23.2. The summed E-state index contributed by atoms with van der Waals surface area (Å²) in [4.78, 5) is 41.7. The van der Waals surface area contributed by atoms with Gasteiger partial charge in [0, 0.05) is 26.1 Å². The van der Waals surface area contributed by atoms with Crippen molar-refractivity contribution in [3.8, 4) is 0 Å². The Balaban J connectivity index is 1.93. The molecule has 32 heavy (non-hydrogen) atoms. The number of amides is 3. The summed E-state index contributed by atoms with van der Waals surface area (Å²) >= 11 is 0. The Bertz CT molecular complexity index is 1010. The van der Waals surface area contributed by atoms with E-state index in [4.69, 9.17) is 10.2 Å². The van der Waals surface area contributed by atoms with Crippen LogP contribution in [0.4, 0.5) is 4.79 Å². The van der Waals surface area contributed by atoms with Crippen LogP contribution in [0.2, 0.25) is 0 Å². The highest BCUT2D eigenvalue weighted by Gasteiger charge is 2.32. The first-order valence-electron chi connectivity index (χ1n) is 10.8. The van der Waals surface area contributed by atoms with Crippen LogP contribution in [0.15, 0.2) is 36.2 Å². The van der Waals surface area contributed by atoms with Gasteiger partial charge in [0.2, 0.25) is 0 Å². The van der Waals surface area contributed by atoms with Crippen LogP contribution in [0.25, 0.3) is 6.08 Å². The summed E-state index contributed by atoms with van der Waals surface area (Å²) < 4.78 is 1.99. The molecule has 2 aromatic rings. The first-order valence-corrected chi connectivity index (χ1v) is 10.8. The van der Waals surface area contributed by atoms with E-state index in [0.29, 0.717) is 31.6 Å². The fraction of sp³-hybridized carbons (Fsp3) is 0.391. The van der Waals surface area contributed by atoms with Crippen molar-refractivity contribution in [1.29, 1.82) is 0 Å². The van der Waals surface area contributed by atoms with Crippen molar-refractivity contribution in [2.45, 2.75) is 45.6 Å². The van der Waals surface area contributed by atoms with E-state index in [1.54, 1.807) is 36.5 Å². The van der Waals surface area contributed by atoms with E-state index in [9.17, 15) is 14.4 Å². The van der Waals surface area contributed by atoms with Gasteiger partial charge in [-0.15, -0.1) is 0 Å². The Labute approximate surface area is 186 Å². The van der Waals surface area contributed by atoms with Crippen LogP contribution in [-0.4, -0.2) is 55.7 Å². The van der Waals surface area contributed by atoms with Gasteiger partial charge in [0.1, 0.15) is 11.5 Å². The van der Waals surface area contributed by atoms with Gasteiger partial charge >= 0.3 is 12.0 Å². The van der Waals surface area contributed by atoms with Crippen LogP contribution in [0.1, 0.15) is 60.0 Å². The van der Waals surface area contributed by atoms with Crippen LogP contribution in [-0.2, 0) is 17.8 Å². The maximum absolute atomic E-state index is 12.4. The number of nitrogens with zero attached hydrogens (tertiary/aromatic N) is 3. The molecule has 0 aliphatic carbocycles. The number of aliphatic hydroxyl groups excluding tert-OH is 1. The molecule has 3 N–H and O–H groups in total. The lowest BCUT2D eigenvalue weighted by Crippen LogP contribution is -2.28. The van der Waals surface area contributed by atoms with Crippen LogP contribution >= 0.6 is 0 Å². The SMILES string of the molecule is CCCCc1ncc(C=C2C(=O)NC(=O)N2CCCCO)n1Cc1ccc(C(=O)O)cc1. The lowest BCUT2D eigenvalue weighted by Gasteiger charge is -2.16. The third-order valence-corrected chi connectivity index (χ3v) is 5.33. The van der Waals surface area contributed by atoms with Crippen molar-refractivity contribution in [3.63, 3.8) is 0 Å². The summed E-state index contributed by atoms with van der Waals surface area (Å²) in [7, 11) is 0. The van der Waals surface area contributed by atoms with Crippen molar-refractivity contribution in [2.24, 2.45) is 0 Å². The van der Waals surface area contributed by atoms with Crippen molar-refractivity contribution < 1.29 is 24.6 Å². The number of rotatable bonds is 11. The average molecular weight is 441 g/mol. The van der Waals surface area contributed by atoms with Gasteiger partial charge in [-0.25, -0.2) is 14.6 Å².